The van der Waals surface area contributed by atoms with Gasteiger partial charge in [0, 0.05) is 5.39 Å². The molecule has 88 valence electrons. The molecule has 3 rings (SSSR count). The average molecular weight is 234 g/mol. The lowest BCUT2D eigenvalue weighted by atomic mass is 9.94. The Bertz CT molecular complexity index is 699. The second-order valence-corrected chi connectivity index (χ2v) is 4.48. The van der Waals surface area contributed by atoms with Crippen molar-refractivity contribution in [3.05, 3.63) is 66.2 Å². The fourth-order valence-electron chi connectivity index (χ4n) is 2.42. The third kappa shape index (κ3) is 1.65. The molecule has 18 heavy (non-hydrogen) atoms. The van der Waals surface area contributed by atoms with E-state index in [1.807, 2.05) is 42.5 Å². The Balaban J connectivity index is 2.35. The number of benzene rings is 3. The maximum Gasteiger partial charge on any atom is 0.124 e. The molecule has 0 aliphatic rings. The van der Waals surface area contributed by atoms with Gasteiger partial charge < -0.3 is 5.11 Å². The fourth-order valence-corrected chi connectivity index (χ4v) is 2.42. The predicted molar refractivity (Wildman–Crippen MR) is 75.8 cm³/mol. The van der Waals surface area contributed by atoms with Crippen LogP contribution in [0.3, 0.4) is 0 Å². The van der Waals surface area contributed by atoms with Crippen LogP contribution < -0.4 is 0 Å². The molecule has 0 radical (unpaired) electrons. The van der Waals surface area contributed by atoms with E-state index in [2.05, 4.69) is 25.1 Å². The molecule has 0 atom stereocenters. The van der Waals surface area contributed by atoms with Crippen LogP contribution in [0.15, 0.2) is 60.7 Å². The Morgan fingerprint density at radius 2 is 1.39 bits per heavy atom. The molecule has 0 saturated carbocycles. The van der Waals surface area contributed by atoms with Crippen molar-refractivity contribution in [1.82, 2.24) is 0 Å². The van der Waals surface area contributed by atoms with Crippen LogP contribution >= 0.6 is 0 Å². The molecule has 0 fully saturated rings. The summed E-state index contributed by atoms with van der Waals surface area (Å²) < 4.78 is 0. The van der Waals surface area contributed by atoms with E-state index in [1.165, 1.54) is 5.56 Å². The van der Waals surface area contributed by atoms with E-state index in [0.29, 0.717) is 5.75 Å². The van der Waals surface area contributed by atoms with Gasteiger partial charge in [-0.1, -0.05) is 54.6 Å². The van der Waals surface area contributed by atoms with Gasteiger partial charge in [0.05, 0.1) is 0 Å². The van der Waals surface area contributed by atoms with Crippen molar-refractivity contribution < 1.29 is 5.11 Å². The van der Waals surface area contributed by atoms with Crippen molar-refractivity contribution in [2.24, 2.45) is 0 Å². The SMILES string of the molecule is Cc1c(-c2ccccc2)cc(O)c2ccccc12. The Hall–Kier alpha value is -2.28. The summed E-state index contributed by atoms with van der Waals surface area (Å²) in [6, 6.07) is 20.0. The number of phenolic OH excluding ortho intramolecular Hbond substituents is 1. The van der Waals surface area contributed by atoms with Crippen LogP contribution in [0, 0.1) is 6.92 Å². The second kappa shape index (κ2) is 4.19. The fraction of sp³-hybridized carbons (Fsp3) is 0.0588. The minimum absolute atomic E-state index is 0.343. The summed E-state index contributed by atoms with van der Waals surface area (Å²) in [5.41, 5.74) is 3.43. The van der Waals surface area contributed by atoms with E-state index in [0.717, 1.165) is 21.9 Å². The largest absolute Gasteiger partial charge is 0.507 e. The number of rotatable bonds is 1. The molecule has 0 aliphatic carbocycles. The third-order valence-electron chi connectivity index (χ3n) is 3.38. The van der Waals surface area contributed by atoms with E-state index in [4.69, 9.17) is 0 Å². The molecule has 0 heterocycles. The summed E-state index contributed by atoms with van der Waals surface area (Å²) in [5, 5.41) is 12.2. The number of hydrogen-bond donors (Lipinski definition) is 1. The Morgan fingerprint density at radius 3 is 2.11 bits per heavy atom. The number of fused-ring (bicyclic) bond motifs is 1. The molecule has 0 amide bonds. The second-order valence-electron chi connectivity index (χ2n) is 4.48. The van der Waals surface area contributed by atoms with E-state index in [-0.39, 0.29) is 0 Å². The van der Waals surface area contributed by atoms with Crippen molar-refractivity contribution in [1.29, 1.82) is 0 Å². The zero-order chi connectivity index (χ0) is 12.5. The summed E-state index contributed by atoms with van der Waals surface area (Å²) in [5.74, 6) is 0.343. The Morgan fingerprint density at radius 1 is 0.778 bits per heavy atom. The summed E-state index contributed by atoms with van der Waals surface area (Å²) in [7, 11) is 0. The predicted octanol–water partition coefficient (Wildman–Crippen LogP) is 4.52. The van der Waals surface area contributed by atoms with Gasteiger partial charge in [-0.05, 0) is 35.1 Å². The molecule has 1 heteroatoms. The number of aryl methyl sites for hydroxylation is 1. The highest BCUT2D eigenvalue weighted by Gasteiger charge is 2.09. The van der Waals surface area contributed by atoms with E-state index < -0.39 is 0 Å². The van der Waals surface area contributed by atoms with Crippen molar-refractivity contribution in [3.8, 4) is 16.9 Å². The molecule has 0 saturated heterocycles. The normalized spacial score (nSPS) is 10.7. The quantitative estimate of drug-likeness (QED) is 0.656. The number of aromatic hydroxyl groups is 1. The van der Waals surface area contributed by atoms with Gasteiger partial charge in [-0.3, -0.25) is 0 Å². The van der Waals surface area contributed by atoms with E-state index >= 15 is 0 Å². The monoisotopic (exact) mass is 234 g/mol. The maximum atomic E-state index is 10.1. The summed E-state index contributed by atoms with van der Waals surface area (Å²) in [4.78, 5) is 0. The van der Waals surface area contributed by atoms with Crippen LogP contribution in [0.5, 0.6) is 5.75 Å². The molecule has 3 aromatic carbocycles. The van der Waals surface area contributed by atoms with Gasteiger partial charge >= 0.3 is 0 Å². The standard InChI is InChI=1S/C17H14O/c1-12-14-9-5-6-10-15(14)17(18)11-16(12)13-7-3-2-4-8-13/h2-11,18H,1H3. The first-order valence-electron chi connectivity index (χ1n) is 6.04. The molecular weight excluding hydrogens is 220 g/mol. The number of hydrogen-bond acceptors (Lipinski definition) is 1. The van der Waals surface area contributed by atoms with Crippen LogP contribution in [0.4, 0.5) is 0 Å². The summed E-state index contributed by atoms with van der Waals surface area (Å²) >= 11 is 0. The van der Waals surface area contributed by atoms with Gasteiger partial charge in [-0.2, -0.15) is 0 Å². The van der Waals surface area contributed by atoms with Crippen LogP contribution in [0.2, 0.25) is 0 Å². The molecule has 0 unspecified atom stereocenters. The molecule has 0 bridgehead atoms. The van der Waals surface area contributed by atoms with Gasteiger partial charge in [0.1, 0.15) is 5.75 Å². The minimum Gasteiger partial charge on any atom is -0.507 e. The highest BCUT2D eigenvalue weighted by molar-refractivity contribution is 5.95. The van der Waals surface area contributed by atoms with Crippen LogP contribution in [-0.4, -0.2) is 5.11 Å². The van der Waals surface area contributed by atoms with Gasteiger partial charge in [0.15, 0.2) is 0 Å². The minimum atomic E-state index is 0.343. The van der Waals surface area contributed by atoms with E-state index in [9.17, 15) is 5.11 Å². The molecule has 0 aliphatic heterocycles. The Labute approximate surface area is 106 Å². The van der Waals surface area contributed by atoms with Crippen LogP contribution in [0.25, 0.3) is 21.9 Å². The van der Waals surface area contributed by atoms with Gasteiger partial charge in [-0.25, -0.2) is 0 Å². The lowest BCUT2D eigenvalue weighted by Crippen LogP contribution is -1.86. The zero-order valence-electron chi connectivity index (χ0n) is 10.2. The molecule has 1 nitrogen and oxygen atoms in total. The van der Waals surface area contributed by atoms with Crippen LogP contribution in [0.1, 0.15) is 5.56 Å². The van der Waals surface area contributed by atoms with E-state index in [1.54, 1.807) is 0 Å². The molecular formula is C17H14O. The van der Waals surface area contributed by atoms with Crippen molar-refractivity contribution in [2.45, 2.75) is 6.92 Å². The van der Waals surface area contributed by atoms with Gasteiger partial charge in [-0.15, -0.1) is 0 Å². The summed E-state index contributed by atoms with van der Waals surface area (Å²) in [6.07, 6.45) is 0. The third-order valence-corrected chi connectivity index (χ3v) is 3.38. The van der Waals surface area contributed by atoms with Crippen molar-refractivity contribution in [2.75, 3.05) is 0 Å². The average Bonchev–Trinajstić information content (AvgIpc) is 2.44. The lowest BCUT2D eigenvalue weighted by molar-refractivity contribution is 0.482. The topological polar surface area (TPSA) is 20.2 Å². The highest BCUT2D eigenvalue weighted by atomic mass is 16.3. The van der Waals surface area contributed by atoms with Crippen molar-refractivity contribution in [3.63, 3.8) is 0 Å². The molecule has 3 aromatic rings. The highest BCUT2D eigenvalue weighted by Crippen LogP contribution is 2.35. The number of phenols is 1. The van der Waals surface area contributed by atoms with Crippen LogP contribution in [-0.2, 0) is 0 Å². The van der Waals surface area contributed by atoms with Crippen molar-refractivity contribution >= 4 is 10.8 Å². The first-order chi connectivity index (χ1) is 8.77. The smallest absolute Gasteiger partial charge is 0.124 e. The Kier molecular flexibility index (Phi) is 2.52. The van der Waals surface area contributed by atoms with Gasteiger partial charge in [0.2, 0.25) is 0 Å². The zero-order valence-corrected chi connectivity index (χ0v) is 10.2. The first-order valence-corrected chi connectivity index (χ1v) is 6.04. The molecule has 0 aromatic heterocycles. The summed E-state index contributed by atoms with van der Waals surface area (Å²) in [6.45, 7) is 2.10. The van der Waals surface area contributed by atoms with Gasteiger partial charge in [0.25, 0.3) is 0 Å². The lowest BCUT2D eigenvalue weighted by Gasteiger charge is -2.11. The molecule has 0 spiro atoms. The molecule has 1 N–H and O–H groups in total. The first kappa shape index (κ1) is 10.8. The maximum absolute atomic E-state index is 10.1.